The number of anilines is 2. The van der Waals surface area contributed by atoms with Crippen LogP contribution in [0, 0.1) is 0 Å². The maximum absolute atomic E-state index is 4.32. The summed E-state index contributed by atoms with van der Waals surface area (Å²) in [4.78, 5) is 8.29. The number of hydrogen-bond donors (Lipinski definition) is 2. The molecule has 2 aromatic rings. The Morgan fingerprint density at radius 1 is 1.22 bits per heavy atom. The third-order valence-corrected chi connectivity index (χ3v) is 2.20. The highest BCUT2D eigenvalue weighted by Crippen LogP contribution is 2.06. The van der Waals surface area contributed by atoms with Gasteiger partial charge in [0.1, 0.15) is 0 Å². The fraction of sp³-hybridized carbons (Fsp3) is 0.333. The summed E-state index contributed by atoms with van der Waals surface area (Å²) in [5.41, 5.74) is 1.14. The summed E-state index contributed by atoms with van der Waals surface area (Å²) in [5, 5.41) is 14.1. The van der Waals surface area contributed by atoms with Gasteiger partial charge < -0.3 is 10.6 Å². The summed E-state index contributed by atoms with van der Waals surface area (Å²) in [6.07, 6.45) is 5.13. The number of nitrogens with zero attached hydrogens (tertiary/aromatic N) is 4. The van der Waals surface area contributed by atoms with E-state index in [1.54, 1.807) is 18.6 Å². The molecule has 94 valence electrons. The lowest BCUT2D eigenvalue weighted by Crippen LogP contribution is -2.14. The molecule has 0 amide bonds. The quantitative estimate of drug-likeness (QED) is 0.833. The molecule has 2 aromatic heterocycles. The molecule has 6 nitrogen and oxygen atoms in total. The van der Waals surface area contributed by atoms with E-state index < -0.39 is 0 Å². The van der Waals surface area contributed by atoms with Crippen LogP contribution in [0.1, 0.15) is 19.4 Å². The van der Waals surface area contributed by atoms with Gasteiger partial charge in [0.2, 0.25) is 5.95 Å². The summed E-state index contributed by atoms with van der Waals surface area (Å²) < 4.78 is 0. The van der Waals surface area contributed by atoms with Crippen molar-refractivity contribution in [2.75, 3.05) is 10.6 Å². The van der Waals surface area contributed by atoms with E-state index in [2.05, 4.69) is 30.8 Å². The lowest BCUT2D eigenvalue weighted by Gasteiger charge is -2.09. The maximum atomic E-state index is 4.32. The number of hydrogen-bond acceptors (Lipinski definition) is 6. The smallest absolute Gasteiger partial charge is 0.244 e. The second-order valence-corrected chi connectivity index (χ2v) is 4.17. The number of pyridine rings is 1. The van der Waals surface area contributed by atoms with Gasteiger partial charge in [-0.1, -0.05) is 0 Å². The summed E-state index contributed by atoms with van der Waals surface area (Å²) in [6, 6.07) is 4.19. The van der Waals surface area contributed by atoms with Gasteiger partial charge in [-0.2, -0.15) is 10.1 Å². The topological polar surface area (TPSA) is 75.6 Å². The molecule has 0 spiro atoms. The minimum absolute atomic E-state index is 0.280. The average Bonchev–Trinajstić information content (AvgIpc) is 2.37. The molecule has 0 aliphatic rings. The summed E-state index contributed by atoms with van der Waals surface area (Å²) in [5.74, 6) is 1.23. The van der Waals surface area contributed by atoms with E-state index in [1.807, 2.05) is 26.0 Å². The monoisotopic (exact) mass is 244 g/mol. The van der Waals surface area contributed by atoms with Gasteiger partial charge in [0, 0.05) is 25.0 Å². The van der Waals surface area contributed by atoms with Gasteiger partial charge in [-0.25, -0.2) is 0 Å². The molecule has 0 aliphatic carbocycles. The zero-order valence-electron chi connectivity index (χ0n) is 10.5. The molecular formula is C12H16N6. The normalized spacial score (nSPS) is 10.4. The molecule has 0 aromatic carbocycles. The van der Waals surface area contributed by atoms with Crippen LogP contribution in [0.5, 0.6) is 0 Å². The van der Waals surface area contributed by atoms with Crippen molar-refractivity contribution in [1.29, 1.82) is 0 Å². The van der Waals surface area contributed by atoms with Crippen LogP contribution in [-0.2, 0) is 6.54 Å². The minimum atomic E-state index is 0.280. The Hall–Kier alpha value is -2.24. The van der Waals surface area contributed by atoms with Crippen LogP contribution in [0.2, 0.25) is 0 Å². The highest BCUT2D eigenvalue weighted by atomic mass is 15.3. The lowest BCUT2D eigenvalue weighted by atomic mass is 10.3. The molecule has 2 N–H and O–H groups in total. The molecule has 6 heteroatoms. The first-order chi connectivity index (χ1) is 8.74. The highest BCUT2D eigenvalue weighted by Gasteiger charge is 2.01. The SMILES string of the molecule is CC(C)Nc1nncc(NCc2ccncc2)n1. The third-order valence-electron chi connectivity index (χ3n) is 2.20. The molecule has 0 saturated carbocycles. The van der Waals surface area contributed by atoms with E-state index >= 15 is 0 Å². The molecule has 2 heterocycles. The Balaban J connectivity index is 1.97. The van der Waals surface area contributed by atoms with Gasteiger partial charge in [-0.3, -0.25) is 4.98 Å². The standard InChI is InChI=1S/C12H16N6/c1-9(2)16-12-17-11(8-15-18-12)14-7-10-3-5-13-6-4-10/h3-6,8-9H,7H2,1-2H3,(H2,14,16,17,18). The van der Waals surface area contributed by atoms with Gasteiger partial charge in [-0.05, 0) is 31.5 Å². The summed E-state index contributed by atoms with van der Waals surface area (Å²) in [7, 11) is 0. The first kappa shape index (κ1) is 12.2. The van der Waals surface area contributed by atoms with Crippen molar-refractivity contribution >= 4 is 11.8 Å². The minimum Gasteiger partial charge on any atom is -0.365 e. The van der Waals surface area contributed by atoms with Crippen molar-refractivity contribution in [3.8, 4) is 0 Å². The van der Waals surface area contributed by atoms with Gasteiger partial charge in [-0.15, -0.1) is 5.10 Å². The Kier molecular flexibility index (Phi) is 4.01. The lowest BCUT2D eigenvalue weighted by molar-refractivity contribution is 0.850. The Bertz CT molecular complexity index is 485. The zero-order valence-corrected chi connectivity index (χ0v) is 10.5. The average molecular weight is 244 g/mol. The van der Waals surface area contributed by atoms with Crippen molar-refractivity contribution in [3.63, 3.8) is 0 Å². The fourth-order valence-electron chi connectivity index (χ4n) is 1.40. The van der Waals surface area contributed by atoms with E-state index in [1.165, 1.54) is 0 Å². The third kappa shape index (κ3) is 3.65. The van der Waals surface area contributed by atoms with Crippen LogP contribution in [0.3, 0.4) is 0 Å². The van der Waals surface area contributed by atoms with E-state index in [4.69, 9.17) is 0 Å². The first-order valence-corrected chi connectivity index (χ1v) is 5.83. The van der Waals surface area contributed by atoms with Crippen LogP contribution in [-0.4, -0.2) is 26.2 Å². The molecule has 0 radical (unpaired) electrons. The molecule has 0 atom stereocenters. The molecular weight excluding hydrogens is 228 g/mol. The molecule has 0 saturated heterocycles. The summed E-state index contributed by atoms with van der Waals surface area (Å²) >= 11 is 0. The predicted octanol–water partition coefficient (Wildman–Crippen LogP) is 1.70. The summed E-state index contributed by atoms with van der Waals surface area (Å²) in [6.45, 7) is 4.74. The second-order valence-electron chi connectivity index (χ2n) is 4.17. The Morgan fingerprint density at radius 3 is 2.72 bits per heavy atom. The van der Waals surface area contributed by atoms with Crippen LogP contribution < -0.4 is 10.6 Å². The van der Waals surface area contributed by atoms with Crippen molar-refractivity contribution in [2.24, 2.45) is 0 Å². The number of nitrogens with one attached hydrogen (secondary N) is 2. The van der Waals surface area contributed by atoms with Crippen LogP contribution in [0.25, 0.3) is 0 Å². The van der Waals surface area contributed by atoms with Gasteiger partial charge in [0.25, 0.3) is 0 Å². The van der Waals surface area contributed by atoms with Gasteiger partial charge in [0.15, 0.2) is 5.82 Å². The van der Waals surface area contributed by atoms with E-state index in [9.17, 15) is 0 Å². The van der Waals surface area contributed by atoms with E-state index in [0.29, 0.717) is 18.3 Å². The largest absolute Gasteiger partial charge is 0.365 e. The molecule has 18 heavy (non-hydrogen) atoms. The molecule has 0 unspecified atom stereocenters. The number of rotatable bonds is 5. The molecule has 0 fully saturated rings. The maximum Gasteiger partial charge on any atom is 0.244 e. The van der Waals surface area contributed by atoms with Crippen molar-refractivity contribution in [1.82, 2.24) is 20.2 Å². The van der Waals surface area contributed by atoms with Crippen molar-refractivity contribution in [2.45, 2.75) is 26.4 Å². The predicted molar refractivity (Wildman–Crippen MR) is 70.1 cm³/mol. The molecule has 0 bridgehead atoms. The van der Waals surface area contributed by atoms with Crippen LogP contribution in [0.15, 0.2) is 30.7 Å². The Labute approximate surface area is 106 Å². The van der Waals surface area contributed by atoms with Crippen LogP contribution >= 0.6 is 0 Å². The highest BCUT2D eigenvalue weighted by molar-refractivity contribution is 5.37. The fourth-order valence-corrected chi connectivity index (χ4v) is 1.40. The van der Waals surface area contributed by atoms with E-state index in [-0.39, 0.29) is 6.04 Å². The van der Waals surface area contributed by atoms with Crippen molar-refractivity contribution in [3.05, 3.63) is 36.3 Å². The number of aromatic nitrogens is 4. The zero-order chi connectivity index (χ0) is 12.8. The Morgan fingerprint density at radius 2 is 2.00 bits per heavy atom. The van der Waals surface area contributed by atoms with Crippen molar-refractivity contribution < 1.29 is 0 Å². The van der Waals surface area contributed by atoms with E-state index in [0.717, 1.165) is 5.56 Å². The van der Waals surface area contributed by atoms with Gasteiger partial charge in [0.05, 0.1) is 6.20 Å². The second kappa shape index (κ2) is 5.90. The first-order valence-electron chi connectivity index (χ1n) is 5.83. The van der Waals surface area contributed by atoms with Crippen LogP contribution in [0.4, 0.5) is 11.8 Å². The molecule has 0 aliphatic heterocycles. The van der Waals surface area contributed by atoms with Gasteiger partial charge >= 0.3 is 0 Å². The molecule has 2 rings (SSSR count).